The number of rotatable bonds is 7. The molecule has 8 aromatic carbocycles. The summed E-state index contributed by atoms with van der Waals surface area (Å²) in [5.41, 5.74) is 12.5. The number of aryl methyl sites for hydroxylation is 1. The lowest BCUT2D eigenvalue weighted by atomic mass is 9.46. The van der Waals surface area contributed by atoms with Crippen molar-refractivity contribution < 1.29 is 18.2 Å². The molecule has 0 amide bonds. The Hall–Kier alpha value is -8.69. The van der Waals surface area contributed by atoms with E-state index in [0.29, 0.717) is 40.0 Å². The minimum Gasteiger partial charge on any atom is -0.454 e. The van der Waals surface area contributed by atoms with Crippen LogP contribution in [0.2, 0.25) is 0 Å². The molecule has 69 heavy (non-hydrogen) atoms. The fraction of sp³-hybridized carbons (Fsp3) is 0.0833. The highest BCUT2D eigenvalue weighted by Gasteiger charge is 2.40. The second kappa shape index (κ2) is 15.7. The number of hydrogen-bond donors (Lipinski definition) is 0. The number of hydrogen-bond acceptors (Lipinski definition) is 4. The average molecular weight is 896 g/mol. The Labute approximate surface area is 404 Å². The first-order valence-corrected chi connectivity index (χ1v) is 23.2. The van der Waals surface area contributed by atoms with Crippen molar-refractivity contribution in [3.05, 3.63) is 212 Å². The SMILES string of the molecule is [2H]C([2H])([2H])[n+]1[c-]n(-c2cc(Oc3ccc4c5ccccc5n(-c5cc(C(C)(C)C)ccn5)c4c3)c3c(c2)B(c2c(-c4ccccc4)cccc2-c2ccccc2)n2c(nc4ccccc42)O3)c2ccccc21. The molecular weight excluding hydrogens is 848 g/mol. The number of para-hydroxylation sites is 5. The molecule has 0 saturated heterocycles. The van der Waals surface area contributed by atoms with Gasteiger partial charge in [-0.05, 0) is 92.7 Å². The van der Waals surface area contributed by atoms with Gasteiger partial charge in [0, 0.05) is 23.0 Å². The number of imidazole rings is 2. The van der Waals surface area contributed by atoms with Gasteiger partial charge in [-0.15, -0.1) is 0 Å². The molecule has 330 valence electrons. The third-order valence-corrected chi connectivity index (χ3v) is 13.5. The number of ether oxygens (including phenoxy) is 2. The van der Waals surface area contributed by atoms with Crippen LogP contribution in [0.15, 0.2) is 200 Å². The molecule has 0 bridgehead atoms. The Balaban J connectivity index is 1.10. The van der Waals surface area contributed by atoms with Gasteiger partial charge in [0.05, 0.1) is 49.9 Å². The van der Waals surface area contributed by atoms with Gasteiger partial charge in [-0.2, -0.15) is 4.98 Å². The Bertz CT molecular complexity index is 4040. The molecule has 0 N–H and O–H groups in total. The van der Waals surface area contributed by atoms with Crippen LogP contribution >= 0.6 is 0 Å². The minimum absolute atomic E-state index is 0.0953. The Kier molecular flexibility index (Phi) is 8.52. The quantitative estimate of drug-likeness (QED) is 0.0908. The van der Waals surface area contributed by atoms with Crippen LogP contribution in [0.1, 0.15) is 30.4 Å². The van der Waals surface area contributed by atoms with Gasteiger partial charge >= 0.3 is 6.85 Å². The predicted molar refractivity (Wildman–Crippen MR) is 278 cm³/mol. The lowest BCUT2D eigenvalue weighted by molar-refractivity contribution is -0.649. The molecule has 9 heteroatoms. The van der Waals surface area contributed by atoms with Crippen LogP contribution in [0.4, 0.5) is 0 Å². The van der Waals surface area contributed by atoms with Crippen LogP contribution in [0, 0.1) is 6.33 Å². The molecular formula is C60H45BN6O2. The third-order valence-electron chi connectivity index (χ3n) is 13.5. The van der Waals surface area contributed by atoms with Gasteiger partial charge in [0.15, 0.2) is 11.5 Å². The van der Waals surface area contributed by atoms with E-state index in [1.165, 1.54) is 10.1 Å². The second-order valence-corrected chi connectivity index (χ2v) is 18.7. The van der Waals surface area contributed by atoms with E-state index in [-0.39, 0.29) is 5.41 Å². The van der Waals surface area contributed by atoms with Crippen LogP contribution in [0.25, 0.3) is 77.6 Å². The summed E-state index contributed by atoms with van der Waals surface area (Å²) >= 11 is 0. The van der Waals surface area contributed by atoms with Crippen molar-refractivity contribution >= 4 is 61.6 Å². The van der Waals surface area contributed by atoms with Gasteiger partial charge in [0.2, 0.25) is 6.33 Å². The lowest BCUT2D eigenvalue weighted by Crippen LogP contribution is -2.53. The number of nitrogens with zero attached hydrogens (tertiary/aromatic N) is 6. The smallest absolute Gasteiger partial charge is 0.337 e. The molecule has 12 aromatic rings. The summed E-state index contributed by atoms with van der Waals surface area (Å²) in [5, 5.41) is 2.14. The van der Waals surface area contributed by atoms with Crippen LogP contribution in [0.5, 0.6) is 23.3 Å². The number of benzene rings is 8. The lowest BCUT2D eigenvalue weighted by Gasteiger charge is -2.31. The number of aromatic nitrogens is 6. The van der Waals surface area contributed by atoms with Crippen molar-refractivity contribution in [3.8, 4) is 57.0 Å². The zero-order valence-electron chi connectivity index (χ0n) is 41.1. The topological polar surface area (TPSA) is 62.9 Å². The van der Waals surface area contributed by atoms with Gasteiger partial charge in [0.25, 0.3) is 6.01 Å². The first kappa shape index (κ1) is 37.4. The van der Waals surface area contributed by atoms with Gasteiger partial charge in [0.1, 0.15) is 11.6 Å². The second-order valence-electron chi connectivity index (χ2n) is 18.7. The summed E-state index contributed by atoms with van der Waals surface area (Å²) in [7, 11) is 0. The maximum Gasteiger partial charge on any atom is 0.337 e. The van der Waals surface area contributed by atoms with Crippen molar-refractivity contribution in [3.63, 3.8) is 0 Å². The van der Waals surface area contributed by atoms with Crippen LogP contribution in [-0.2, 0) is 12.4 Å². The number of fused-ring (bicyclic) bond motifs is 8. The Morgan fingerprint density at radius 3 is 2.09 bits per heavy atom. The third kappa shape index (κ3) is 6.64. The highest BCUT2D eigenvalue weighted by Crippen LogP contribution is 2.43. The van der Waals surface area contributed by atoms with E-state index < -0.39 is 13.8 Å². The molecule has 1 aliphatic heterocycles. The molecule has 0 radical (unpaired) electrons. The molecule has 0 saturated carbocycles. The van der Waals surface area contributed by atoms with E-state index >= 15 is 0 Å². The Morgan fingerprint density at radius 2 is 1.33 bits per heavy atom. The van der Waals surface area contributed by atoms with Gasteiger partial charge < -0.3 is 23.1 Å². The first-order valence-electron chi connectivity index (χ1n) is 24.7. The maximum absolute atomic E-state index is 8.59. The Morgan fingerprint density at radius 1 is 0.652 bits per heavy atom. The molecule has 13 rings (SSSR count). The molecule has 4 aromatic heterocycles. The van der Waals surface area contributed by atoms with E-state index in [2.05, 4.69) is 164 Å². The molecule has 8 nitrogen and oxygen atoms in total. The van der Waals surface area contributed by atoms with Gasteiger partial charge in [-0.1, -0.05) is 160 Å². The van der Waals surface area contributed by atoms with Crippen LogP contribution < -0.4 is 25.0 Å². The molecule has 5 heterocycles. The highest BCUT2D eigenvalue weighted by molar-refractivity contribution is 6.87. The first-order chi connectivity index (χ1) is 35.0. The van der Waals surface area contributed by atoms with Crippen molar-refractivity contribution in [2.45, 2.75) is 26.2 Å². The standard InChI is InChI=1S/C60H45BN6O2/c1-60(2,3)41-32-33-62-56(34-41)66-50-26-13-11-22-46(50)47-31-30-43(37-54(47)66)68-55-36-42(65-38-64(4)52-28-15-16-29-53(52)65)35-48-58(55)69-59-63-49-25-12-14-27-51(49)67(59)61(48)57-44(39-18-7-5-8-19-39)23-17-24-45(57)40-20-9-6-10-21-40/h5-37H,1-4H3/i4D3. The molecule has 0 unspecified atom stereocenters. The summed E-state index contributed by atoms with van der Waals surface area (Å²) < 4.78 is 47.6. The normalized spacial score (nSPS) is 13.3. The van der Waals surface area contributed by atoms with Gasteiger partial charge in [-0.3, -0.25) is 4.57 Å². The van der Waals surface area contributed by atoms with E-state index in [1.54, 1.807) is 0 Å². The summed E-state index contributed by atoms with van der Waals surface area (Å²) in [6, 6.07) is 66.1. The number of pyridine rings is 1. The summed E-state index contributed by atoms with van der Waals surface area (Å²) in [5.74, 6) is 2.25. The van der Waals surface area contributed by atoms with E-state index in [9.17, 15) is 0 Å². The van der Waals surface area contributed by atoms with E-state index in [0.717, 1.165) is 71.8 Å². The van der Waals surface area contributed by atoms with Crippen molar-refractivity contribution in [1.82, 2.24) is 23.6 Å². The van der Waals surface area contributed by atoms with Crippen molar-refractivity contribution in [2.75, 3.05) is 0 Å². The summed E-state index contributed by atoms with van der Waals surface area (Å²) in [4.78, 5) is 10.1. The molecule has 1 aliphatic rings. The fourth-order valence-electron chi connectivity index (χ4n) is 10.2. The summed E-state index contributed by atoms with van der Waals surface area (Å²) in [6.07, 6.45) is 5.12. The molecule has 0 atom stereocenters. The molecule has 0 aliphatic carbocycles. The average Bonchev–Trinajstić information content (AvgIpc) is 4.08. The maximum atomic E-state index is 8.59. The zero-order chi connectivity index (χ0) is 48.9. The highest BCUT2D eigenvalue weighted by atomic mass is 16.5. The van der Waals surface area contributed by atoms with E-state index in [4.69, 9.17) is 23.6 Å². The predicted octanol–water partition coefficient (Wildman–Crippen LogP) is 12.3. The monoisotopic (exact) mass is 895 g/mol. The van der Waals surface area contributed by atoms with Crippen LogP contribution in [0.3, 0.4) is 0 Å². The minimum atomic E-state index is -2.51. The van der Waals surface area contributed by atoms with Crippen LogP contribution in [-0.4, -0.2) is 30.4 Å². The zero-order valence-corrected chi connectivity index (χ0v) is 38.1. The molecule has 0 spiro atoms. The summed E-state index contributed by atoms with van der Waals surface area (Å²) in [6.45, 7) is 3.57. The van der Waals surface area contributed by atoms with Gasteiger partial charge in [-0.25, -0.2) is 4.98 Å². The largest absolute Gasteiger partial charge is 0.454 e. The van der Waals surface area contributed by atoms with Crippen molar-refractivity contribution in [1.29, 1.82) is 0 Å². The van der Waals surface area contributed by atoms with E-state index in [1.807, 2.05) is 77.5 Å². The molecule has 0 fully saturated rings. The van der Waals surface area contributed by atoms with Crippen molar-refractivity contribution in [2.24, 2.45) is 6.98 Å². The fourth-order valence-corrected chi connectivity index (χ4v) is 10.2.